The third-order valence-electron chi connectivity index (χ3n) is 4.51. The second kappa shape index (κ2) is 7.66. The summed E-state index contributed by atoms with van der Waals surface area (Å²) in [5.41, 5.74) is 9.81. The number of aryl methyl sites for hydroxylation is 6. The van der Waals surface area contributed by atoms with Crippen molar-refractivity contribution in [3.05, 3.63) is 50.9 Å². The monoisotopic (exact) mass is 415 g/mol. The van der Waals surface area contributed by atoms with Crippen LogP contribution in [-0.4, -0.2) is 30.6 Å². The smallest absolute Gasteiger partial charge is 1.00 e. The molecule has 0 aliphatic heterocycles. The van der Waals surface area contributed by atoms with Gasteiger partial charge >= 0.3 is 147 Å². The van der Waals surface area contributed by atoms with Crippen molar-refractivity contribution in [2.24, 2.45) is 0 Å². The molecule has 25 heavy (non-hydrogen) atoms. The minimum Gasteiger partial charge on any atom is -1.00 e. The minimum absolute atomic E-state index is 0. The Morgan fingerprint density at radius 3 is 1.00 bits per heavy atom. The van der Waals surface area contributed by atoms with Crippen LogP contribution in [0.25, 0.3) is 0 Å². The van der Waals surface area contributed by atoms with Gasteiger partial charge in [0, 0.05) is 0 Å². The zero-order valence-corrected chi connectivity index (χ0v) is 18.2. The van der Waals surface area contributed by atoms with Gasteiger partial charge in [-0.2, -0.15) is 0 Å². The maximum absolute atomic E-state index is 4.43. The molecule has 6 nitrogen and oxygen atoms in total. The molecule has 0 bridgehead atoms. The Labute approximate surface area is 171 Å². The average molecular weight is 416 g/mol. The van der Waals surface area contributed by atoms with Gasteiger partial charge in [0.15, 0.2) is 0 Å². The van der Waals surface area contributed by atoms with E-state index in [2.05, 4.69) is 71.8 Å². The van der Waals surface area contributed by atoms with E-state index in [1.807, 2.05) is 20.8 Å². The van der Waals surface area contributed by atoms with Crippen LogP contribution in [0.5, 0.6) is 0 Å². The average Bonchev–Trinajstić information content (AvgIpc) is 3.10. The van der Waals surface area contributed by atoms with Gasteiger partial charge in [0.1, 0.15) is 0 Å². The zero-order chi connectivity index (χ0) is 16.9. The molecule has 3 N–H and O–H groups in total. The molecule has 0 fully saturated rings. The third kappa shape index (κ3) is 3.21. The van der Waals surface area contributed by atoms with Crippen LogP contribution in [0, 0.1) is 41.5 Å². The maximum atomic E-state index is 4.43. The quantitative estimate of drug-likeness (QED) is 0.389. The van der Waals surface area contributed by atoms with E-state index in [-0.39, 0.29) is 28.5 Å². The fourth-order valence-corrected chi connectivity index (χ4v) is 5.41. The molecule has 0 saturated carbocycles. The molecule has 0 aliphatic rings. The largest absolute Gasteiger partial charge is 1.00 e. The molecule has 0 spiro atoms. The molecule has 0 unspecified atom stereocenters. The fraction of sp³-hybridized carbons (Fsp3) is 0.438. The number of rotatable bonds is 3. The summed E-state index contributed by atoms with van der Waals surface area (Å²) in [4.78, 5) is 0. The van der Waals surface area contributed by atoms with Crippen LogP contribution in [0.4, 0.5) is 0 Å². The van der Waals surface area contributed by atoms with Gasteiger partial charge in [-0.25, -0.2) is 0 Å². The first-order valence-electron chi connectivity index (χ1n) is 7.59. The maximum Gasteiger partial charge on any atom is -1.00 e. The van der Waals surface area contributed by atoms with Crippen molar-refractivity contribution in [3.8, 4) is 0 Å². The van der Waals surface area contributed by atoms with E-state index in [0.29, 0.717) is 0 Å². The Morgan fingerprint density at radius 1 is 0.600 bits per heavy atom. The van der Waals surface area contributed by atoms with E-state index in [9.17, 15) is 0 Å². The second-order valence-electron chi connectivity index (χ2n) is 6.18. The van der Waals surface area contributed by atoms with Crippen LogP contribution in [0.15, 0.2) is 0 Å². The minimum atomic E-state index is -0.372. The van der Waals surface area contributed by atoms with Gasteiger partial charge in [-0.05, 0) is 0 Å². The van der Waals surface area contributed by atoms with Crippen LogP contribution in [0.1, 0.15) is 50.9 Å². The number of hydrogen-bond acceptors (Lipinski definition) is 3. The molecule has 0 radical (unpaired) electrons. The van der Waals surface area contributed by atoms with Crippen LogP contribution in [-0.2, 0) is 24.2 Å². The fourth-order valence-electron chi connectivity index (χ4n) is 3.69. The van der Waals surface area contributed by atoms with Crippen molar-refractivity contribution < 1.29 is 45.2 Å². The summed E-state index contributed by atoms with van der Waals surface area (Å²) in [6.07, 6.45) is 0. The van der Waals surface area contributed by atoms with Crippen molar-refractivity contribution in [3.63, 3.8) is 0 Å². The van der Waals surface area contributed by atoms with Gasteiger partial charge in [-0.1, -0.05) is 0 Å². The zero-order valence-electron chi connectivity index (χ0n) is 15.1. The van der Waals surface area contributed by atoms with Gasteiger partial charge < -0.3 is 24.8 Å². The molecule has 3 aromatic heterocycles. The first-order valence-corrected chi connectivity index (χ1v) is 8.37. The first kappa shape index (κ1) is 22.0. The number of nitrogens with one attached hydrogen (secondary N) is 3. The Morgan fingerprint density at radius 2 is 0.840 bits per heavy atom. The second-order valence-corrected chi connectivity index (χ2v) is 7.35. The molecular formula is C16H21Cl2N6Ti. The molecule has 9 heteroatoms. The molecule has 0 aliphatic carbocycles. The van der Waals surface area contributed by atoms with E-state index in [1.54, 1.807) is 0 Å². The van der Waals surface area contributed by atoms with Crippen molar-refractivity contribution in [2.45, 2.75) is 45.3 Å². The Balaban J connectivity index is 0.00000156. The molecule has 0 saturated heterocycles. The summed E-state index contributed by atoms with van der Waals surface area (Å²) < 4.78 is -0.372. The van der Waals surface area contributed by atoms with E-state index >= 15 is 0 Å². The summed E-state index contributed by atoms with van der Waals surface area (Å²) >= 11 is 2.24. The summed E-state index contributed by atoms with van der Waals surface area (Å²) in [7, 11) is 0. The Bertz CT molecular complexity index is 708. The first-order chi connectivity index (χ1) is 10.8. The number of H-pyrrole nitrogens is 3. The number of halogens is 2. The van der Waals surface area contributed by atoms with Crippen LogP contribution < -0.4 is 24.8 Å². The van der Waals surface area contributed by atoms with E-state index in [4.69, 9.17) is 0 Å². The van der Waals surface area contributed by atoms with Crippen molar-refractivity contribution >= 4 is 0 Å². The molecule has 3 aromatic rings. The molecule has 3 rings (SSSR count). The third-order valence-corrected chi connectivity index (χ3v) is 5.68. The molecule has 0 aromatic carbocycles. The van der Waals surface area contributed by atoms with Gasteiger partial charge in [0.2, 0.25) is 0 Å². The van der Waals surface area contributed by atoms with Crippen molar-refractivity contribution in [1.29, 1.82) is 0 Å². The number of hydrogen-bond donors (Lipinski definition) is 3. The van der Waals surface area contributed by atoms with E-state index in [1.165, 1.54) is 16.7 Å². The Kier molecular flexibility index (Phi) is 6.73. The van der Waals surface area contributed by atoms with E-state index in [0.717, 1.165) is 34.2 Å². The van der Waals surface area contributed by atoms with Crippen molar-refractivity contribution in [2.75, 3.05) is 0 Å². The van der Waals surface area contributed by atoms with E-state index < -0.39 is 0 Å². The van der Waals surface area contributed by atoms with Gasteiger partial charge in [0.25, 0.3) is 0 Å². The summed E-state index contributed by atoms with van der Waals surface area (Å²) in [5.74, 6) is 0. The van der Waals surface area contributed by atoms with Gasteiger partial charge in [-0.15, -0.1) is 0 Å². The number of aromatic nitrogens is 6. The standard InChI is InChI=1S/C16H21N6.2ClH.Ti/c1-7-13(8(2)18-17-7)16(14-9(3)19-20-10(14)4)15-11(5)21-22-12(15)6;;;/h1-6H3,(H,17,18)(H,19,20)(H,21,22);2*1H;/q;;;+2/p-2. The molecular weight excluding hydrogens is 395 g/mol. The summed E-state index contributed by atoms with van der Waals surface area (Å²) in [5, 5.41) is 22.7. The van der Waals surface area contributed by atoms with Gasteiger partial charge in [0.05, 0.1) is 0 Å². The molecule has 133 valence electrons. The van der Waals surface area contributed by atoms with Crippen LogP contribution in [0.2, 0.25) is 0 Å². The van der Waals surface area contributed by atoms with Crippen molar-refractivity contribution in [1.82, 2.24) is 30.6 Å². The number of aromatic amines is 3. The van der Waals surface area contributed by atoms with Gasteiger partial charge in [-0.3, -0.25) is 0 Å². The molecule has 0 atom stereocenters. The molecule has 0 amide bonds. The van der Waals surface area contributed by atoms with Crippen LogP contribution >= 0.6 is 0 Å². The predicted molar refractivity (Wildman–Crippen MR) is 84.1 cm³/mol. The summed E-state index contributed by atoms with van der Waals surface area (Å²) in [6.45, 7) is 12.4. The summed E-state index contributed by atoms with van der Waals surface area (Å²) in [6, 6.07) is 0. The predicted octanol–water partition coefficient (Wildman–Crippen LogP) is -3.45. The normalized spacial score (nSPS) is 11.2. The van der Waals surface area contributed by atoms with Crippen LogP contribution in [0.3, 0.4) is 0 Å². The molecule has 3 heterocycles. The Hall–Kier alpha value is -1.08. The number of nitrogens with zero attached hydrogens (tertiary/aromatic N) is 3. The topological polar surface area (TPSA) is 86.0 Å². The SMILES string of the molecule is Cc1n[nH]c(C)c1[C]([Ti+2])(c1c(C)n[nH]c1C)c1c(C)n[nH]c1C.[Cl-].[Cl-].